The van der Waals surface area contributed by atoms with Crippen LogP contribution in [0.4, 0.5) is 5.69 Å². The van der Waals surface area contributed by atoms with E-state index >= 15 is 0 Å². The zero-order valence-corrected chi connectivity index (χ0v) is 17.2. The van der Waals surface area contributed by atoms with Gasteiger partial charge >= 0.3 is 5.97 Å². The number of hydrogen-bond acceptors (Lipinski definition) is 5. The van der Waals surface area contributed by atoms with Crippen molar-refractivity contribution in [3.8, 4) is 0 Å². The average molecular weight is 413 g/mol. The average Bonchev–Trinajstić information content (AvgIpc) is 3.30. The smallest absolute Gasteiger partial charge is 0.303 e. The number of likely N-dealkylation sites (tertiary alicyclic amines) is 1. The summed E-state index contributed by atoms with van der Waals surface area (Å²) in [6, 6.07) is 5.05. The lowest BCUT2D eigenvalue weighted by Gasteiger charge is -2.29. The second-order valence-corrected chi connectivity index (χ2v) is 8.32. The zero-order valence-electron chi connectivity index (χ0n) is 17.2. The summed E-state index contributed by atoms with van der Waals surface area (Å²) in [6.07, 6.45) is 2.28. The summed E-state index contributed by atoms with van der Waals surface area (Å²) in [6.45, 7) is 4.30. The Hall–Kier alpha value is -2.74. The van der Waals surface area contributed by atoms with Crippen molar-refractivity contribution in [3.63, 3.8) is 0 Å². The van der Waals surface area contributed by atoms with E-state index in [2.05, 4.69) is 10.6 Å². The van der Waals surface area contributed by atoms with Gasteiger partial charge in [0.15, 0.2) is 0 Å². The number of para-hydroxylation sites is 1. The SMILES string of the molecule is CCCCN1C(=O)C2C(CCC(=O)O)NC3(C(=O)Nc4c(CC)cccc43)C2C1=O. The van der Waals surface area contributed by atoms with Crippen LogP contribution in [0.25, 0.3) is 0 Å². The number of aliphatic carboxylic acids is 1. The van der Waals surface area contributed by atoms with Crippen molar-refractivity contribution in [1.82, 2.24) is 10.2 Å². The lowest BCUT2D eigenvalue weighted by atomic mass is 9.76. The first kappa shape index (κ1) is 20.5. The van der Waals surface area contributed by atoms with Gasteiger partial charge in [-0.05, 0) is 24.8 Å². The minimum Gasteiger partial charge on any atom is -0.481 e. The molecule has 3 aliphatic rings. The second-order valence-electron chi connectivity index (χ2n) is 8.32. The second kappa shape index (κ2) is 7.50. The maximum absolute atomic E-state index is 13.4. The lowest BCUT2D eigenvalue weighted by molar-refractivity contribution is -0.143. The monoisotopic (exact) mass is 413 g/mol. The normalized spacial score (nSPS) is 29.5. The molecule has 0 saturated carbocycles. The molecule has 30 heavy (non-hydrogen) atoms. The third kappa shape index (κ3) is 2.77. The number of aryl methyl sites for hydroxylation is 1. The fraction of sp³-hybridized carbons (Fsp3) is 0.545. The molecule has 4 rings (SSSR count). The summed E-state index contributed by atoms with van der Waals surface area (Å²) in [5.41, 5.74) is 0.993. The molecular formula is C22H27N3O5. The molecule has 0 radical (unpaired) electrons. The number of unbranched alkanes of at least 4 members (excludes halogenated alkanes) is 1. The van der Waals surface area contributed by atoms with Crippen molar-refractivity contribution in [2.75, 3.05) is 11.9 Å². The van der Waals surface area contributed by atoms with Gasteiger partial charge in [-0.1, -0.05) is 38.5 Å². The van der Waals surface area contributed by atoms with Crippen LogP contribution in [0.1, 0.15) is 50.7 Å². The number of imide groups is 1. The Kier molecular flexibility index (Phi) is 5.13. The number of carboxylic acid groups (broad SMARTS) is 1. The highest BCUT2D eigenvalue weighted by atomic mass is 16.4. The van der Waals surface area contributed by atoms with Gasteiger partial charge in [0.05, 0.1) is 11.8 Å². The highest BCUT2D eigenvalue weighted by Gasteiger charge is 2.70. The predicted molar refractivity (Wildman–Crippen MR) is 109 cm³/mol. The van der Waals surface area contributed by atoms with Gasteiger partial charge < -0.3 is 10.4 Å². The largest absolute Gasteiger partial charge is 0.481 e. The van der Waals surface area contributed by atoms with Gasteiger partial charge in [0.25, 0.3) is 0 Å². The number of hydrogen-bond donors (Lipinski definition) is 3. The number of carbonyl (C=O) groups is 4. The van der Waals surface area contributed by atoms with Crippen LogP contribution in [0.2, 0.25) is 0 Å². The third-order valence-electron chi connectivity index (χ3n) is 6.71. The minimum atomic E-state index is -1.35. The molecule has 0 aliphatic carbocycles. The molecule has 0 aromatic heterocycles. The van der Waals surface area contributed by atoms with Crippen molar-refractivity contribution in [2.24, 2.45) is 11.8 Å². The van der Waals surface area contributed by atoms with Gasteiger partial charge in [-0.3, -0.25) is 29.4 Å². The van der Waals surface area contributed by atoms with Crippen LogP contribution in [-0.4, -0.2) is 46.3 Å². The van der Waals surface area contributed by atoms with Crippen molar-refractivity contribution in [3.05, 3.63) is 29.3 Å². The Balaban J connectivity index is 1.82. The van der Waals surface area contributed by atoms with Crippen molar-refractivity contribution in [2.45, 2.75) is 57.5 Å². The highest BCUT2D eigenvalue weighted by Crippen LogP contribution is 2.54. The zero-order chi connectivity index (χ0) is 21.6. The van der Waals surface area contributed by atoms with E-state index in [1.165, 1.54) is 4.90 Å². The lowest BCUT2D eigenvalue weighted by Crippen LogP contribution is -2.53. The third-order valence-corrected chi connectivity index (χ3v) is 6.71. The van der Waals surface area contributed by atoms with Crippen LogP contribution in [0.15, 0.2) is 18.2 Å². The van der Waals surface area contributed by atoms with E-state index in [-0.39, 0.29) is 30.6 Å². The summed E-state index contributed by atoms with van der Waals surface area (Å²) in [5, 5.41) is 15.4. The molecule has 4 atom stereocenters. The minimum absolute atomic E-state index is 0.142. The maximum atomic E-state index is 13.4. The van der Waals surface area contributed by atoms with Crippen LogP contribution >= 0.6 is 0 Å². The first-order valence-electron chi connectivity index (χ1n) is 10.6. The number of fused-ring (bicyclic) bond motifs is 4. The van der Waals surface area contributed by atoms with E-state index in [9.17, 15) is 19.2 Å². The molecule has 3 heterocycles. The van der Waals surface area contributed by atoms with Crippen LogP contribution in [0.5, 0.6) is 0 Å². The number of nitrogens with one attached hydrogen (secondary N) is 2. The van der Waals surface area contributed by atoms with E-state index in [0.29, 0.717) is 30.6 Å². The van der Waals surface area contributed by atoms with Crippen LogP contribution in [0.3, 0.4) is 0 Å². The quantitative estimate of drug-likeness (QED) is 0.585. The molecule has 160 valence electrons. The topological polar surface area (TPSA) is 116 Å². The standard InChI is InChI=1S/C22H27N3O5/c1-3-5-11-25-19(28)16-14(9-10-15(26)27)24-22(17(16)20(25)29)13-8-6-7-12(4-2)18(13)23-21(22)30/h6-8,14,16-17,24H,3-5,9-11H2,1-2H3,(H,23,30)(H,26,27). The summed E-state index contributed by atoms with van der Waals surface area (Å²) in [7, 11) is 0. The fourth-order valence-electron chi connectivity index (χ4n) is 5.31. The summed E-state index contributed by atoms with van der Waals surface area (Å²) in [4.78, 5) is 52.5. The summed E-state index contributed by atoms with van der Waals surface area (Å²) < 4.78 is 0. The Morgan fingerprint density at radius 3 is 2.63 bits per heavy atom. The van der Waals surface area contributed by atoms with Gasteiger partial charge in [0.2, 0.25) is 17.7 Å². The van der Waals surface area contributed by atoms with Gasteiger partial charge in [0, 0.05) is 30.3 Å². The molecule has 4 unspecified atom stereocenters. The molecule has 1 aromatic rings. The van der Waals surface area contributed by atoms with E-state index in [1.54, 1.807) is 0 Å². The fourth-order valence-corrected chi connectivity index (χ4v) is 5.31. The van der Waals surface area contributed by atoms with Crippen LogP contribution in [-0.2, 0) is 31.1 Å². The van der Waals surface area contributed by atoms with Gasteiger partial charge in [-0.2, -0.15) is 0 Å². The number of carbonyl (C=O) groups excluding carboxylic acids is 3. The highest BCUT2D eigenvalue weighted by molar-refractivity contribution is 6.15. The van der Waals surface area contributed by atoms with Crippen LogP contribution < -0.4 is 10.6 Å². The number of carboxylic acids is 1. The molecular weight excluding hydrogens is 386 g/mol. The number of rotatable bonds is 7. The van der Waals surface area contributed by atoms with Gasteiger partial charge in [-0.15, -0.1) is 0 Å². The van der Waals surface area contributed by atoms with E-state index in [4.69, 9.17) is 5.11 Å². The van der Waals surface area contributed by atoms with Gasteiger partial charge in [0.1, 0.15) is 5.54 Å². The maximum Gasteiger partial charge on any atom is 0.303 e. The molecule has 3 N–H and O–H groups in total. The molecule has 3 amide bonds. The Bertz CT molecular complexity index is 929. The number of benzene rings is 1. The first-order valence-corrected chi connectivity index (χ1v) is 10.6. The molecule has 0 bridgehead atoms. The number of nitrogens with zero attached hydrogens (tertiary/aromatic N) is 1. The van der Waals surface area contributed by atoms with Crippen molar-refractivity contribution in [1.29, 1.82) is 0 Å². The van der Waals surface area contributed by atoms with Crippen molar-refractivity contribution >= 4 is 29.4 Å². The molecule has 1 spiro atoms. The molecule has 8 heteroatoms. The first-order chi connectivity index (χ1) is 14.4. The van der Waals surface area contributed by atoms with Crippen molar-refractivity contribution < 1.29 is 24.3 Å². The Labute approximate surface area is 175 Å². The molecule has 8 nitrogen and oxygen atoms in total. The van der Waals surface area contributed by atoms with E-state index in [0.717, 1.165) is 12.0 Å². The van der Waals surface area contributed by atoms with E-state index < -0.39 is 29.4 Å². The summed E-state index contributed by atoms with van der Waals surface area (Å²) >= 11 is 0. The molecule has 1 aromatic carbocycles. The number of anilines is 1. The van der Waals surface area contributed by atoms with E-state index in [1.807, 2.05) is 32.0 Å². The Morgan fingerprint density at radius 2 is 1.97 bits per heavy atom. The molecule has 2 fully saturated rings. The molecule has 2 saturated heterocycles. The summed E-state index contributed by atoms with van der Waals surface area (Å²) in [5.74, 6) is -3.56. The molecule has 3 aliphatic heterocycles. The van der Waals surface area contributed by atoms with Crippen LogP contribution in [0, 0.1) is 11.8 Å². The number of amides is 3. The Morgan fingerprint density at radius 1 is 1.20 bits per heavy atom. The van der Waals surface area contributed by atoms with Gasteiger partial charge in [-0.25, -0.2) is 0 Å². The predicted octanol–water partition coefficient (Wildman–Crippen LogP) is 1.63.